The number of nitrogens with zero attached hydrogens (tertiary/aromatic N) is 1. The number of hydrogen-bond acceptors (Lipinski definition) is 3. The van der Waals surface area contributed by atoms with Gasteiger partial charge in [-0.15, -0.1) is 11.8 Å². The molecule has 0 bridgehead atoms. The number of thioether (sulfide) groups is 1. The zero-order chi connectivity index (χ0) is 13.0. The Morgan fingerprint density at radius 2 is 2.00 bits per heavy atom. The summed E-state index contributed by atoms with van der Waals surface area (Å²) in [7, 11) is 2.21. The van der Waals surface area contributed by atoms with E-state index in [0.29, 0.717) is 6.04 Å². The Morgan fingerprint density at radius 1 is 1.33 bits per heavy atom. The van der Waals surface area contributed by atoms with Crippen molar-refractivity contribution >= 4 is 11.8 Å². The van der Waals surface area contributed by atoms with E-state index in [-0.39, 0.29) is 0 Å². The van der Waals surface area contributed by atoms with Crippen LogP contribution < -0.4 is 5.73 Å². The van der Waals surface area contributed by atoms with Crippen LogP contribution in [-0.4, -0.2) is 36.8 Å². The third-order valence-electron chi connectivity index (χ3n) is 3.71. The third kappa shape index (κ3) is 4.01. The molecule has 2 N–H and O–H groups in total. The quantitative estimate of drug-likeness (QED) is 0.768. The lowest BCUT2D eigenvalue weighted by Crippen LogP contribution is -2.40. The van der Waals surface area contributed by atoms with Crippen LogP contribution in [0.15, 0.2) is 29.2 Å². The van der Waals surface area contributed by atoms with Crippen LogP contribution in [0.2, 0.25) is 0 Å². The van der Waals surface area contributed by atoms with Crippen molar-refractivity contribution in [3.05, 3.63) is 29.8 Å². The van der Waals surface area contributed by atoms with Crippen molar-refractivity contribution in [2.45, 2.75) is 30.7 Å². The van der Waals surface area contributed by atoms with E-state index in [9.17, 15) is 0 Å². The number of nitrogens with two attached hydrogens (primary N) is 1. The van der Waals surface area contributed by atoms with Crippen LogP contribution in [0, 0.1) is 12.8 Å². The van der Waals surface area contributed by atoms with E-state index in [2.05, 4.69) is 43.1 Å². The molecule has 1 aliphatic rings. The number of hydrogen-bond donors (Lipinski definition) is 1. The predicted molar refractivity (Wildman–Crippen MR) is 80.1 cm³/mol. The van der Waals surface area contributed by atoms with Gasteiger partial charge in [0.15, 0.2) is 0 Å². The first-order valence-electron chi connectivity index (χ1n) is 6.80. The summed E-state index contributed by atoms with van der Waals surface area (Å²) in [6.07, 6.45) is 2.74. The van der Waals surface area contributed by atoms with E-state index < -0.39 is 0 Å². The Morgan fingerprint density at radius 3 is 2.56 bits per heavy atom. The number of aryl methyl sites for hydroxylation is 1. The molecule has 0 amide bonds. The summed E-state index contributed by atoms with van der Waals surface area (Å²) in [5.41, 5.74) is 7.19. The third-order valence-corrected chi connectivity index (χ3v) is 4.70. The van der Waals surface area contributed by atoms with Gasteiger partial charge in [-0.3, -0.25) is 0 Å². The number of likely N-dealkylation sites (N-methyl/N-ethyl adjacent to an activating group) is 1. The molecule has 1 fully saturated rings. The van der Waals surface area contributed by atoms with Crippen LogP contribution in [0.4, 0.5) is 0 Å². The highest BCUT2D eigenvalue weighted by Crippen LogP contribution is 2.34. The Kier molecular flexibility index (Phi) is 5.10. The summed E-state index contributed by atoms with van der Waals surface area (Å²) in [4.78, 5) is 3.81. The number of benzene rings is 1. The molecule has 0 radical (unpaired) electrons. The lowest BCUT2D eigenvalue weighted by molar-refractivity contribution is 0.236. The van der Waals surface area contributed by atoms with Crippen molar-refractivity contribution < 1.29 is 0 Å². The molecule has 2 nitrogen and oxygen atoms in total. The molecule has 1 saturated carbocycles. The minimum atomic E-state index is 0.601. The highest BCUT2D eigenvalue weighted by atomic mass is 32.2. The first-order valence-corrected chi connectivity index (χ1v) is 7.79. The molecule has 0 aromatic heterocycles. The lowest BCUT2D eigenvalue weighted by Gasteiger charge is -2.26. The average Bonchev–Trinajstić information content (AvgIpc) is 3.17. The largest absolute Gasteiger partial charge is 0.329 e. The maximum atomic E-state index is 5.87. The minimum absolute atomic E-state index is 0.601. The van der Waals surface area contributed by atoms with Crippen LogP contribution in [0.5, 0.6) is 0 Å². The van der Waals surface area contributed by atoms with Gasteiger partial charge in [0.05, 0.1) is 0 Å². The molecule has 1 aromatic rings. The first-order chi connectivity index (χ1) is 8.70. The van der Waals surface area contributed by atoms with Crippen molar-refractivity contribution in [3.8, 4) is 0 Å². The van der Waals surface area contributed by atoms with Crippen LogP contribution in [-0.2, 0) is 0 Å². The van der Waals surface area contributed by atoms with E-state index in [4.69, 9.17) is 5.73 Å². The second-order valence-electron chi connectivity index (χ2n) is 5.28. The van der Waals surface area contributed by atoms with Gasteiger partial charge in [0.25, 0.3) is 0 Å². The number of rotatable bonds is 7. The molecule has 18 heavy (non-hydrogen) atoms. The van der Waals surface area contributed by atoms with Gasteiger partial charge in [-0.1, -0.05) is 17.7 Å². The first kappa shape index (κ1) is 13.9. The van der Waals surface area contributed by atoms with Crippen molar-refractivity contribution in [3.63, 3.8) is 0 Å². The normalized spacial score (nSPS) is 17.1. The van der Waals surface area contributed by atoms with E-state index in [1.807, 2.05) is 11.8 Å². The molecule has 1 unspecified atom stereocenters. The van der Waals surface area contributed by atoms with Gasteiger partial charge in [-0.2, -0.15) is 0 Å². The molecule has 100 valence electrons. The zero-order valence-corrected chi connectivity index (χ0v) is 12.2. The van der Waals surface area contributed by atoms with Crippen LogP contribution >= 0.6 is 11.8 Å². The smallest absolute Gasteiger partial charge is 0.0243 e. The van der Waals surface area contributed by atoms with Crippen LogP contribution in [0.3, 0.4) is 0 Å². The van der Waals surface area contributed by atoms with Gasteiger partial charge in [0.2, 0.25) is 0 Å². The maximum absolute atomic E-state index is 5.87. The minimum Gasteiger partial charge on any atom is -0.329 e. The second kappa shape index (κ2) is 6.60. The fraction of sp³-hybridized carbons (Fsp3) is 0.600. The summed E-state index contributed by atoms with van der Waals surface area (Å²) in [5.74, 6) is 2.01. The topological polar surface area (TPSA) is 29.3 Å². The van der Waals surface area contributed by atoms with Gasteiger partial charge in [0.1, 0.15) is 0 Å². The summed E-state index contributed by atoms with van der Waals surface area (Å²) in [5, 5.41) is 0. The average molecular weight is 264 g/mol. The second-order valence-corrected chi connectivity index (χ2v) is 6.45. The Bertz CT molecular complexity index is 359. The fourth-order valence-electron chi connectivity index (χ4n) is 2.32. The molecule has 1 aromatic carbocycles. The molecule has 0 aliphatic heterocycles. The predicted octanol–water partition coefficient (Wildman–Crippen LogP) is 2.76. The summed E-state index contributed by atoms with van der Waals surface area (Å²) in [6, 6.07) is 9.38. The van der Waals surface area contributed by atoms with Crippen molar-refractivity contribution in [1.29, 1.82) is 0 Å². The van der Waals surface area contributed by atoms with E-state index in [1.54, 1.807) is 0 Å². The molecule has 3 heteroatoms. The molecule has 0 heterocycles. The zero-order valence-electron chi connectivity index (χ0n) is 11.4. The summed E-state index contributed by atoms with van der Waals surface area (Å²) in [6.45, 7) is 4.05. The van der Waals surface area contributed by atoms with E-state index in [1.165, 1.54) is 23.3 Å². The SMILES string of the molecule is Cc1ccc(SCCN(C)C(CN)C2CC2)cc1. The van der Waals surface area contributed by atoms with E-state index >= 15 is 0 Å². The highest BCUT2D eigenvalue weighted by molar-refractivity contribution is 7.99. The molecule has 2 rings (SSSR count). The summed E-state index contributed by atoms with van der Waals surface area (Å²) < 4.78 is 0. The van der Waals surface area contributed by atoms with Gasteiger partial charge >= 0.3 is 0 Å². The Labute approximate surface area is 115 Å². The van der Waals surface area contributed by atoms with Gasteiger partial charge in [-0.25, -0.2) is 0 Å². The van der Waals surface area contributed by atoms with E-state index in [0.717, 1.165) is 24.8 Å². The fourth-order valence-corrected chi connectivity index (χ4v) is 3.26. The van der Waals surface area contributed by atoms with Gasteiger partial charge in [-0.05, 0) is 44.9 Å². The van der Waals surface area contributed by atoms with Gasteiger partial charge in [0, 0.05) is 29.8 Å². The van der Waals surface area contributed by atoms with Crippen molar-refractivity contribution in [1.82, 2.24) is 4.90 Å². The van der Waals surface area contributed by atoms with Crippen LogP contribution in [0.1, 0.15) is 18.4 Å². The van der Waals surface area contributed by atoms with Crippen LogP contribution in [0.25, 0.3) is 0 Å². The summed E-state index contributed by atoms with van der Waals surface area (Å²) >= 11 is 1.93. The maximum Gasteiger partial charge on any atom is 0.0243 e. The van der Waals surface area contributed by atoms with Gasteiger partial charge < -0.3 is 10.6 Å². The molecular weight excluding hydrogens is 240 g/mol. The lowest BCUT2D eigenvalue weighted by atomic mass is 10.1. The molecule has 0 spiro atoms. The monoisotopic (exact) mass is 264 g/mol. The molecular formula is C15H24N2S. The molecule has 1 aliphatic carbocycles. The van der Waals surface area contributed by atoms with Crippen molar-refractivity contribution in [2.75, 3.05) is 25.9 Å². The highest BCUT2D eigenvalue weighted by Gasteiger charge is 2.32. The molecule has 0 saturated heterocycles. The van der Waals surface area contributed by atoms with Crippen molar-refractivity contribution in [2.24, 2.45) is 11.7 Å². The standard InChI is InChI=1S/C15H24N2S/c1-12-3-7-14(8-4-12)18-10-9-17(2)15(11-16)13-5-6-13/h3-4,7-8,13,15H,5-6,9-11,16H2,1-2H3. The Hall–Kier alpha value is -0.510. The Balaban J connectivity index is 1.72. The molecule has 1 atom stereocenters.